The van der Waals surface area contributed by atoms with Crippen molar-refractivity contribution in [3.8, 4) is 0 Å². The fraction of sp³-hybridized carbons (Fsp3) is 0.615. The quantitative estimate of drug-likeness (QED) is 0.859. The van der Waals surface area contributed by atoms with Crippen LogP contribution in [0.15, 0.2) is 10.7 Å². The lowest BCUT2D eigenvalue weighted by molar-refractivity contribution is 0.252. The van der Waals surface area contributed by atoms with Crippen molar-refractivity contribution in [2.45, 2.75) is 38.0 Å². The first-order valence-electron chi connectivity index (χ1n) is 7.44. The predicted octanol–water partition coefficient (Wildman–Crippen LogP) is 1.22. The van der Waals surface area contributed by atoms with E-state index in [9.17, 15) is 4.79 Å². The number of rotatable bonds is 5. The van der Waals surface area contributed by atoms with Gasteiger partial charge in [0.15, 0.2) is 11.6 Å². The van der Waals surface area contributed by atoms with Gasteiger partial charge in [0.25, 0.3) is 0 Å². The molecule has 2 aromatic rings. The van der Waals surface area contributed by atoms with Gasteiger partial charge in [-0.25, -0.2) is 4.79 Å². The Labute approximate surface area is 127 Å². The molecule has 9 heteroatoms. The Bertz CT molecular complexity index is 630. The maximum Gasteiger partial charge on any atom is 0.320 e. The first-order chi connectivity index (χ1) is 10.7. The predicted molar refractivity (Wildman–Crippen MR) is 77.2 cm³/mol. The van der Waals surface area contributed by atoms with Gasteiger partial charge in [-0.15, -0.1) is 5.10 Å². The van der Waals surface area contributed by atoms with Crippen LogP contribution in [-0.2, 0) is 13.5 Å². The van der Waals surface area contributed by atoms with Crippen LogP contribution in [0.2, 0.25) is 0 Å². The molecule has 9 nitrogen and oxygen atoms in total. The Morgan fingerprint density at radius 1 is 1.45 bits per heavy atom. The molecule has 0 saturated heterocycles. The Hall–Kier alpha value is -2.45. The number of urea groups is 1. The van der Waals surface area contributed by atoms with Crippen LogP contribution in [0, 0.1) is 0 Å². The Kier molecular flexibility index (Phi) is 4.31. The molecule has 1 saturated carbocycles. The standard InChI is InChI=1S/C13H19N7O2/c1-20-8-11(17-19-20)16-13(21)14-7-6-10-15-12(22-18-10)9-4-2-3-5-9/h8-9H,2-7H2,1H3,(H2,14,16,21). The molecule has 2 aromatic heterocycles. The van der Waals surface area contributed by atoms with Crippen molar-refractivity contribution >= 4 is 11.8 Å². The molecule has 0 radical (unpaired) electrons. The molecule has 0 spiro atoms. The Balaban J connectivity index is 1.41. The minimum atomic E-state index is -0.333. The van der Waals surface area contributed by atoms with E-state index in [0.29, 0.717) is 30.5 Å². The molecule has 0 aromatic carbocycles. The van der Waals surface area contributed by atoms with Crippen molar-refractivity contribution in [3.63, 3.8) is 0 Å². The molecule has 0 bridgehead atoms. The second kappa shape index (κ2) is 6.54. The van der Waals surface area contributed by atoms with Gasteiger partial charge in [-0.05, 0) is 12.8 Å². The monoisotopic (exact) mass is 305 g/mol. The van der Waals surface area contributed by atoms with Gasteiger partial charge in [0.1, 0.15) is 0 Å². The van der Waals surface area contributed by atoms with E-state index >= 15 is 0 Å². The summed E-state index contributed by atoms with van der Waals surface area (Å²) >= 11 is 0. The minimum absolute atomic E-state index is 0.333. The van der Waals surface area contributed by atoms with Gasteiger partial charge in [0.05, 0.1) is 6.20 Å². The van der Waals surface area contributed by atoms with Crippen molar-refractivity contribution in [2.75, 3.05) is 11.9 Å². The average Bonchev–Trinajstić information content (AvgIpc) is 3.20. The number of aryl methyl sites for hydroxylation is 1. The number of carbonyl (C=O) groups excluding carboxylic acids is 1. The maximum atomic E-state index is 11.7. The first-order valence-corrected chi connectivity index (χ1v) is 7.44. The molecule has 2 heterocycles. The van der Waals surface area contributed by atoms with Crippen LogP contribution < -0.4 is 10.6 Å². The van der Waals surface area contributed by atoms with E-state index in [2.05, 4.69) is 31.1 Å². The highest BCUT2D eigenvalue weighted by Gasteiger charge is 2.22. The van der Waals surface area contributed by atoms with Crippen molar-refractivity contribution in [3.05, 3.63) is 17.9 Å². The van der Waals surface area contributed by atoms with Crippen LogP contribution in [-0.4, -0.2) is 37.7 Å². The average molecular weight is 305 g/mol. The molecular weight excluding hydrogens is 286 g/mol. The van der Waals surface area contributed by atoms with E-state index < -0.39 is 0 Å². The fourth-order valence-electron chi connectivity index (χ4n) is 2.56. The lowest BCUT2D eigenvalue weighted by Gasteiger charge is -2.03. The number of aromatic nitrogens is 5. The molecule has 2 amide bonds. The zero-order chi connectivity index (χ0) is 15.4. The molecule has 2 N–H and O–H groups in total. The number of anilines is 1. The normalized spacial score (nSPS) is 15.1. The van der Waals surface area contributed by atoms with Crippen LogP contribution >= 0.6 is 0 Å². The zero-order valence-corrected chi connectivity index (χ0v) is 12.4. The largest absolute Gasteiger partial charge is 0.339 e. The summed E-state index contributed by atoms with van der Waals surface area (Å²) in [6, 6.07) is -0.333. The number of hydrogen-bond donors (Lipinski definition) is 2. The van der Waals surface area contributed by atoms with E-state index in [1.807, 2.05) is 0 Å². The van der Waals surface area contributed by atoms with Gasteiger partial charge in [-0.1, -0.05) is 23.2 Å². The summed E-state index contributed by atoms with van der Waals surface area (Å²) in [5.41, 5.74) is 0. The number of hydrogen-bond acceptors (Lipinski definition) is 6. The van der Waals surface area contributed by atoms with Gasteiger partial charge < -0.3 is 9.84 Å². The zero-order valence-electron chi connectivity index (χ0n) is 12.4. The van der Waals surface area contributed by atoms with E-state index in [0.717, 1.165) is 18.7 Å². The molecule has 3 rings (SSSR count). The van der Waals surface area contributed by atoms with Gasteiger partial charge >= 0.3 is 6.03 Å². The van der Waals surface area contributed by atoms with Crippen LogP contribution in [0.3, 0.4) is 0 Å². The second-order valence-electron chi connectivity index (χ2n) is 5.44. The number of nitrogens with zero attached hydrogens (tertiary/aromatic N) is 5. The molecule has 0 unspecified atom stereocenters. The maximum absolute atomic E-state index is 11.7. The van der Waals surface area contributed by atoms with Gasteiger partial charge in [-0.3, -0.25) is 10.00 Å². The topological polar surface area (TPSA) is 111 Å². The van der Waals surface area contributed by atoms with Crippen LogP contribution in [0.4, 0.5) is 10.6 Å². The third-order valence-corrected chi connectivity index (χ3v) is 3.67. The molecule has 0 aliphatic heterocycles. The third-order valence-electron chi connectivity index (χ3n) is 3.67. The summed E-state index contributed by atoms with van der Waals surface area (Å²) in [7, 11) is 1.73. The van der Waals surface area contributed by atoms with Gasteiger partial charge in [-0.2, -0.15) is 4.98 Å². The van der Waals surface area contributed by atoms with Crippen molar-refractivity contribution in [1.29, 1.82) is 0 Å². The summed E-state index contributed by atoms with van der Waals surface area (Å²) in [5.74, 6) is 2.18. The van der Waals surface area contributed by atoms with Crippen LogP contribution in [0.5, 0.6) is 0 Å². The lowest BCUT2D eigenvalue weighted by atomic mass is 10.1. The third kappa shape index (κ3) is 3.60. The Morgan fingerprint density at radius 3 is 3.00 bits per heavy atom. The van der Waals surface area contributed by atoms with E-state index in [4.69, 9.17) is 4.52 Å². The van der Waals surface area contributed by atoms with E-state index in [1.54, 1.807) is 13.2 Å². The molecule has 1 fully saturated rings. The van der Waals surface area contributed by atoms with E-state index in [-0.39, 0.29) is 6.03 Å². The minimum Gasteiger partial charge on any atom is -0.339 e. The molecular formula is C13H19N7O2. The number of amides is 2. The lowest BCUT2D eigenvalue weighted by Crippen LogP contribution is -2.30. The second-order valence-corrected chi connectivity index (χ2v) is 5.44. The smallest absolute Gasteiger partial charge is 0.320 e. The van der Waals surface area contributed by atoms with Gasteiger partial charge in [0.2, 0.25) is 5.89 Å². The highest BCUT2D eigenvalue weighted by Crippen LogP contribution is 2.32. The van der Waals surface area contributed by atoms with Gasteiger partial charge in [0, 0.05) is 25.9 Å². The molecule has 0 atom stereocenters. The summed E-state index contributed by atoms with van der Waals surface area (Å²) in [5, 5.41) is 16.8. The van der Waals surface area contributed by atoms with Crippen molar-refractivity contribution in [2.24, 2.45) is 7.05 Å². The highest BCUT2D eigenvalue weighted by molar-refractivity contribution is 5.87. The number of carbonyl (C=O) groups is 1. The molecule has 118 valence electrons. The summed E-state index contributed by atoms with van der Waals surface area (Å²) in [6.45, 7) is 0.426. The van der Waals surface area contributed by atoms with E-state index in [1.165, 1.54) is 17.5 Å². The summed E-state index contributed by atoms with van der Waals surface area (Å²) in [4.78, 5) is 16.1. The van der Waals surface area contributed by atoms with Crippen LogP contribution in [0.25, 0.3) is 0 Å². The highest BCUT2D eigenvalue weighted by atomic mass is 16.5. The van der Waals surface area contributed by atoms with Crippen LogP contribution in [0.1, 0.15) is 43.3 Å². The number of nitrogens with one attached hydrogen (secondary N) is 2. The molecule has 1 aliphatic rings. The molecule has 22 heavy (non-hydrogen) atoms. The van der Waals surface area contributed by atoms with Crippen molar-refractivity contribution < 1.29 is 9.32 Å². The summed E-state index contributed by atoms with van der Waals surface area (Å²) < 4.78 is 6.81. The Morgan fingerprint density at radius 2 is 2.27 bits per heavy atom. The fourth-order valence-corrected chi connectivity index (χ4v) is 2.56. The molecule has 1 aliphatic carbocycles. The SMILES string of the molecule is Cn1cc(NC(=O)NCCc2noc(C3CCCC3)n2)nn1. The first kappa shape index (κ1) is 14.5. The van der Waals surface area contributed by atoms with Crippen molar-refractivity contribution in [1.82, 2.24) is 30.5 Å². The summed E-state index contributed by atoms with van der Waals surface area (Å²) in [6.07, 6.45) is 6.86.